The summed E-state index contributed by atoms with van der Waals surface area (Å²) in [7, 11) is -3.82. The second-order valence-corrected chi connectivity index (χ2v) is 8.43. The van der Waals surface area contributed by atoms with Gasteiger partial charge < -0.3 is 19.0 Å². The van der Waals surface area contributed by atoms with Crippen LogP contribution in [0.15, 0.2) is 56.5 Å². The molecule has 0 aliphatic carbocycles. The Hall–Kier alpha value is -2.33. The van der Waals surface area contributed by atoms with E-state index in [1.165, 1.54) is 23.5 Å². The third-order valence-electron chi connectivity index (χ3n) is 4.05. The molecular weight excluding hydrogens is 390 g/mol. The number of fused-ring (bicyclic) bond motifs is 1. The number of ether oxygens (including phenoxy) is 2. The van der Waals surface area contributed by atoms with Crippen molar-refractivity contribution in [2.45, 2.75) is 11.0 Å². The van der Waals surface area contributed by atoms with Crippen LogP contribution in [0.3, 0.4) is 0 Å². The van der Waals surface area contributed by atoms with E-state index in [1.807, 2.05) is 16.8 Å². The molecule has 4 rings (SSSR count). The van der Waals surface area contributed by atoms with E-state index in [0.29, 0.717) is 36.2 Å². The molecule has 0 radical (unpaired) electrons. The fraction of sp³-hybridized carbons (Fsp3) is 0.222. The first kappa shape index (κ1) is 18.1. The molecule has 27 heavy (non-hydrogen) atoms. The number of furan rings is 1. The highest BCUT2D eigenvalue weighted by molar-refractivity contribution is 7.89. The zero-order valence-electron chi connectivity index (χ0n) is 14.1. The third-order valence-corrected chi connectivity index (χ3v) is 6.16. The molecule has 0 saturated heterocycles. The van der Waals surface area contributed by atoms with Crippen molar-refractivity contribution in [3.05, 3.63) is 52.9 Å². The maximum atomic E-state index is 12.5. The molecule has 1 aliphatic rings. The van der Waals surface area contributed by atoms with Crippen LogP contribution in [-0.2, 0) is 10.0 Å². The molecule has 2 N–H and O–H groups in total. The number of benzene rings is 1. The lowest BCUT2D eigenvalue weighted by Gasteiger charge is -2.19. The summed E-state index contributed by atoms with van der Waals surface area (Å²) >= 11 is 1.54. The van der Waals surface area contributed by atoms with E-state index in [-0.39, 0.29) is 11.4 Å². The molecule has 1 aliphatic heterocycles. The molecule has 1 aromatic carbocycles. The van der Waals surface area contributed by atoms with Gasteiger partial charge in [-0.25, -0.2) is 13.1 Å². The summed E-state index contributed by atoms with van der Waals surface area (Å²) in [5.41, 5.74) is 0.912. The van der Waals surface area contributed by atoms with Crippen LogP contribution in [0.2, 0.25) is 0 Å². The number of aliphatic hydroxyl groups is 1. The molecular formula is C18H17NO6S2. The fourth-order valence-electron chi connectivity index (χ4n) is 2.66. The Morgan fingerprint density at radius 1 is 1.11 bits per heavy atom. The van der Waals surface area contributed by atoms with E-state index in [2.05, 4.69) is 4.72 Å². The van der Waals surface area contributed by atoms with Crippen LogP contribution < -0.4 is 14.2 Å². The lowest BCUT2D eigenvalue weighted by Crippen LogP contribution is -2.28. The summed E-state index contributed by atoms with van der Waals surface area (Å²) in [6, 6.07) is 9.68. The highest BCUT2D eigenvalue weighted by Crippen LogP contribution is 2.32. The molecule has 7 nitrogen and oxygen atoms in total. The minimum absolute atomic E-state index is 0.0392. The molecule has 9 heteroatoms. The van der Waals surface area contributed by atoms with Crippen LogP contribution in [-0.4, -0.2) is 33.3 Å². The van der Waals surface area contributed by atoms with Gasteiger partial charge in [0.05, 0.1) is 4.90 Å². The maximum absolute atomic E-state index is 12.5. The summed E-state index contributed by atoms with van der Waals surface area (Å²) in [5.74, 6) is 1.81. The maximum Gasteiger partial charge on any atom is 0.240 e. The minimum Gasteiger partial charge on any atom is -0.486 e. The quantitative estimate of drug-likeness (QED) is 0.652. The first-order valence-corrected chi connectivity index (χ1v) is 10.7. The van der Waals surface area contributed by atoms with E-state index < -0.39 is 16.1 Å². The summed E-state index contributed by atoms with van der Waals surface area (Å²) in [4.78, 5) is 0.0392. The standard InChI is InChI=1S/C18H17NO6S2/c20-14(16-4-3-15(25-16)12-5-8-26-11-12)10-19-27(21,22)13-1-2-17-18(9-13)24-7-6-23-17/h1-5,8-9,11,14,19-20H,6-7,10H2/t14-/m0/s1. The number of nitrogens with one attached hydrogen (secondary N) is 1. The van der Waals surface area contributed by atoms with Gasteiger partial charge >= 0.3 is 0 Å². The number of hydrogen-bond acceptors (Lipinski definition) is 7. The van der Waals surface area contributed by atoms with Crippen molar-refractivity contribution in [2.75, 3.05) is 19.8 Å². The van der Waals surface area contributed by atoms with Crippen LogP contribution in [0.25, 0.3) is 11.3 Å². The molecule has 0 spiro atoms. The molecule has 2 aromatic heterocycles. The summed E-state index contributed by atoms with van der Waals surface area (Å²) in [6.07, 6.45) is -1.11. The Morgan fingerprint density at radius 2 is 1.93 bits per heavy atom. The predicted molar refractivity (Wildman–Crippen MR) is 99.6 cm³/mol. The number of aliphatic hydroxyl groups excluding tert-OH is 1. The van der Waals surface area contributed by atoms with Crippen molar-refractivity contribution in [3.63, 3.8) is 0 Å². The Kier molecular flexibility index (Phi) is 4.92. The first-order chi connectivity index (χ1) is 13.0. The molecule has 3 heterocycles. The van der Waals surface area contributed by atoms with Gasteiger partial charge in [-0.3, -0.25) is 0 Å². The average Bonchev–Trinajstić information content (AvgIpc) is 3.37. The van der Waals surface area contributed by atoms with Crippen LogP contribution in [0, 0.1) is 0 Å². The first-order valence-electron chi connectivity index (χ1n) is 8.22. The predicted octanol–water partition coefficient (Wildman–Crippen LogP) is 2.79. The van der Waals surface area contributed by atoms with Gasteiger partial charge in [0.25, 0.3) is 0 Å². The number of thiophene rings is 1. The van der Waals surface area contributed by atoms with Crippen molar-refractivity contribution in [1.82, 2.24) is 4.72 Å². The minimum atomic E-state index is -3.82. The van der Waals surface area contributed by atoms with Gasteiger partial charge in [0, 0.05) is 23.6 Å². The van der Waals surface area contributed by atoms with Crippen molar-refractivity contribution >= 4 is 21.4 Å². The van der Waals surface area contributed by atoms with Gasteiger partial charge in [-0.05, 0) is 35.7 Å². The van der Waals surface area contributed by atoms with Crippen molar-refractivity contribution in [3.8, 4) is 22.8 Å². The summed E-state index contributed by atoms with van der Waals surface area (Å²) in [6.45, 7) is 0.584. The molecule has 142 valence electrons. The van der Waals surface area contributed by atoms with Crippen LogP contribution >= 0.6 is 11.3 Å². The van der Waals surface area contributed by atoms with E-state index in [1.54, 1.807) is 18.2 Å². The SMILES string of the molecule is O=S(=O)(NC[C@H](O)c1ccc(-c2ccsc2)o1)c1ccc2c(c1)OCCO2. The van der Waals surface area contributed by atoms with Crippen molar-refractivity contribution < 1.29 is 27.4 Å². The van der Waals surface area contributed by atoms with Gasteiger partial charge in [0.2, 0.25) is 10.0 Å². The second-order valence-electron chi connectivity index (χ2n) is 5.89. The fourth-order valence-corrected chi connectivity index (χ4v) is 4.35. The zero-order valence-corrected chi connectivity index (χ0v) is 15.8. The van der Waals surface area contributed by atoms with Crippen molar-refractivity contribution in [2.24, 2.45) is 0 Å². The van der Waals surface area contributed by atoms with Gasteiger partial charge in [-0.15, -0.1) is 0 Å². The van der Waals surface area contributed by atoms with Gasteiger partial charge in [0.1, 0.15) is 30.8 Å². The molecule has 0 saturated carbocycles. The Morgan fingerprint density at radius 3 is 2.70 bits per heavy atom. The van der Waals surface area contributed by atoms with Crippen LogP contribution in [0.5, 0.6) is 11.5 Å². The van der Waals surface area contributed by atoms with E-state index in [9.17, 15) is 13.5 Å². The van der Waals surface area contributed by atoms with Gasteiger partial charge in [-0.2, -0.15) is 11.3 Å². The summed E-state index contributed by atoms with van der Waals surface area (Å²) < 4.78 is 43.8. The van der Waals surface area contributed by atoms with Crippen LogP contribution in [0.4, 0.5) is 0 Å². The average molecular weight is 407 g/mol. The number of hydrogen-bond donors (Lipinski definition) is 2. The largest absolute Gasteiger partial charge is 0.486 e. The third kappa shape index (κ3) is 3.86. The second kappa shape index (κ2) is 7.35. The molecule has 0 amide bonds. The van der Waals surface area contributed by atoms with E-state index in [4.69, 9.17) is 13.9 Å². The Labute approximate surface area is 160 Å². The van der Waals surface area contributed by atoms with Crippen LogP contribution in [0.1, 0.15) is 11.9 Å². The molecule has 1 atom stereocenters. The lowest BCUT2D eigenvalue weighted by atomic mass is 10.2. The molecule has 0 unspecified atom stereocenters. The smallest absolute Gasteiger partial charge is 0.240 e. The molecule has 0 bridgehead atoms. The number of sulfonamides is 1. The van der Waals surface area contributed by atoms with E-state index in [0.717, 1.165) is 5.56 Å². The monoisotopic (exact) mass is 407 g/mol. The summed E-state index contributed by atoms with van der Waals surface area (Å²) in [5, 5.41) is 14.1. The Balaban J connectivity index is 1.44. The highest BCUT2D eigenvalue weighted by atomic mass is 32.2. The highest BCUT2D eigenvalue weighted by Gasteiger charge is 2.22. The normalized spacial score (nSPS) is 14.9. The zero-order chi connectivity index (χ0) is 18.9. The van der Waals surface area contributed by atoms with Crippen molar-refractivity contribution in [1.29, 1.82) is 0 Å². The topological polar surface area (TPSA) is 98.0 Å². The van der Waals surface area contributed by atoms with E-state index >= 15 is 0 Å². The molecule has 3 aromatic rings. The Bertz CT molecular complexity index is 1030. The van der Waals surface area contributed by atoms with Gasteiger partial charge in [-0.1, -0.05) is 0 Å². The number of rotatable bonds is 6. The lowest BCUT2D eigenvalue weighted by molar-refractivity contribution is 0.155. The van der Waals surface area contributed by atoms with Gasteiger partial charge in [0.15, 0.2) is 11.5 Å². The molecule has 0 fully saturated rings.